The molecule has 0 aliphatic heterocycles. The predicted molar refractivity (Wildman–Crippen MR) is 112 cm³/mol. The van der Waals surface area contributed by atoms with Gasteiger partial charge in [-0.25, -0.2) is 0 Å². The Kier molecular flexibility index (Phi) is 7.91. The van der Waals surface area contributed by atoms with Crippen molar-refractivity contribution < 1.29 is 41.7 Å². The molecule has 2 aliphatic carbocycles. The zero-order valence-electron chi connectivity index (χ0n) is 19.7. The van der Waals surface area contributed by atoms with Gasteiger partial charge in [0, 0.05) is 6.42 Å². The van der Waals surface area contributed by atoms with Gasteiger partial charge >= 0.3 is 18.0 Å². The number of hydrogen-bond donors (Lipinski definition) is 3. The van der Waals surface area contributed by atoms with Gasteiger partial charge in [-0.1, -0.05) is 32.6 Å². The van der Waals surface area contributed by atoms with Crippen molar-refractivity contribution in [1.82, 2.24) is 0 Å². The first kappa shape index (κ1) is 28.3. The van der Waals surface area contributed by atoms with E-state index in [1.165, 1.54) is 0 Å². The second kappa shape index (κ2) is 9.23. The van der Waals surface area contributed by atoms with Gasteiger partial charge in [-0.05, 0) is 81.0 Å². The van der Waals surface area contributed by atoms with Crippen LogP contribution in [0, 0.1) is 34.5 Å². The Morgan fingerprint density at radius 2 is 1.48 bits per heavy atom. The third-order valence-electron chi connectivity index (χ3n) is 8.05. The predicted octanol–water partition coefficient (Wildman–Crippen LogP) is 5.76. The Labute approximate surface area is 191 Å². The van der Waals surface area contributed by atoms with Crippen molar-refractivity contribution in [3.05, 3.63) is 0 Å². The molecule has 5 atom stereocenters. The van der Waals surface area contributed by atoms with Crippen LogP contribution in [0.5, 0.6) is 0 Å². The molecule has 0 heterocycles. The average molecular weight is 487 g/mol. The van der Waals surface area contributed by atoms with Crippen LogP contribution in [0.3, 0.4) is 0 Å². The van der Waals surface area contributed by atoms with Crippen LogP contribution in [0.25, 0.3) is 0 Å². The fourth-order valence-corrected chi connectivity index (χ4v) is 6.28. The summed E-state index contributed by atoms with van der Waals surface area (Å²) in [5, 5.41) is 30.0. The lowest BCUT2D eigenvalue weighted by molar-refractivity contribution is -0.343. The van der Waals surface area contributed by atoms with E-state index < -0.39 is 35.1 Å². The van der Waals surface area contributed by atoms with E-state index in [0.29, 0.717) is 32.1 Å². The topological polar surface area (TPSA) is 60.7 Å². The van der Waals surface area contributed by atoms with Gasteiger partial charge in [0.2, 0.25) is 0 Å². The molecule has 9 heteroatoms. The van der Waals surface area contributed by atoms with E-state index in [0.717, 1.165) is 25.2 Å². The smallest absolute Gasteiger partial charge is 0.393 e. The fraction of sp³-hybridized carbons (Fsp3) is 0.917. The van der Waals surface area contributed by atoms with Crippen LogP contribution in [0.4, 0.5) is 26.3 Å². The first-order valence-electron chi connectivity index (χ1n) is 11.5. The van der Waals surface area contributed by atoms with Crippen molar-refractivity contribution in [2.45, 2.75) is 115 Å². The van der Waals surface area contributed by atoms with Crippen molar-refractivity contribution in [1.29, 1.82) is 0 Å². The number of halogens is 6. The Morgan fingerprint density at radius 1 is 0.909 bits per heavy atom. The molecule has 0 aromatic carbocycles. The molecule has 2 aliphatic rings. The zero-order chi connectivity index (χ0) is 25.5. The summed E-state index contributed by atoms with van der Waals surface area (Å²) in [5.74, 6) is 3.14. The SMILES string of the molecule is CC(C)(O)CCC[C@@](C)(CC#CC(O)(C(F)(F)F)C(F)(F)F)C1CCC2[C@@H](O)CCC[C@@]21C. The third-order valence-corrected chi connectivity index (χ3v) is 8.05. The quantitative estimate of drug-likeness (QED) is 0.331. The molecule has 2 saturated carbocycles. The Hall–Kier alpha value is -0.980. The lowest BCUT2D eigenvalue weighted by atomic mass is 9.56. The van der Waals surface area contributed by atoms with E-state index >= 15 is 0 Å². The van der Waals surface area contributed by atoms with Crippen molar-refractivity contribution in [3.63, 3.8) is 0 Å². The summed E-state index contributed by atoms with van der Waals surface area (Å²) < 4.78 is 78.3. The van der Waals surface area contributed by atoms with Crippen molar-refractivity contribution in [3.8, 4) is 11.8 Å². The van der Waals surface area contributed by atoms with Crippen LogP contribution in [-0.4, -0.2) is 45.0 Å². The van der Waals surface area contributed by atoms with E-state index in [4.69, 9.17) is 0 Å². The molecule has 3 N–H and O–H groups in total. The summed E-state index contributed by atoms with van der Waals surface area (Å²) in [6, 6.07) is 0. The van der Waals surface area contributed by atoms with Gasteiger partial charge in [0.05, 0.1) is 11.7 Å². The summed E-state index contributed by atoms with van der Waals surface area (Å²) in [5.41, 5.74) is -7.08. The lowest BCUT2D eigenvalue weighted by Gasteiger charge is -2.49. The van der Waals surface area contributed by atoms with Crippen molar-refractivity contribution >= 4 is 0 Å². The van der Waals surface area contributed by atoms with E-state index in [2.05, 4.69) is 12.8 Å². The highest BCUT2D eigenvalue weighted by Crippen LogP contribution is 2.62. The number of hydrogen-bond acceptors (Lipinski definition) is 3. The number of fused-ring (bicyclic) bond motifs is 1. The standard InChI is InChI=1S/C24H36F6O3/c1-19(2,32)11-6-12-20(3,13-7-15-22(33,23(25,26)27)24(28,29)30)18-10-9-16-17(31)8-5-14-21(16,18)4/h16-18,31-33H,5-6,8-14H2,1-4H3/t16?,17-,18?,20-,21-/m0/s1. The Balaban J connectivity index is 2.39. The molecule has 0 saturated heterocycles. The van der Waals surface area contributed by atoms with E-state index in [1.807, 2.05) is 6.92 Å². The van der Waals surface area contributed by atoms with Crippen LogP contribution in [0.1, 0.15) is 85.5 Å². The normalized spacial score (nSPS) is 30.9. The largest absolute Gasteiger partial charge is 0.438 e. The molecule has 2 rings (SSSR count). The van der Waals surface area contributed by atoms with Crippen LogP contribution >= 0.6 is 0 Å². The van der Waals surface area contributed by atoms with Crippen LogP contribution in [0.2, 0.25) is 0 Å². The summed E-state index contributed by atoms with van der Waals surface area (Å²) in [6.07, 6.45) is -7.55. The highest BCUT2D eigenvalue weighted by Gasteiger charge is 2.70. The average Bonchev–Trinajstić information content (AvgIpc) is 2.97. The molecule has 0 aromatic rings. The van der Waals surface area contributed by atoms with Gasteiger partial charge < -0.3 is 15.3 Å². The molecular formula is C24H36F6O3. The van der Waals surface area contributed by atoms with Gasteiger partial charge in [-0.2, -0.15) is 26.3 Å². The summed E-state index contributed by atoms with van der Waals surface area (Å²) in [4.78, 5) is 0. The summed E-state index contributed by atoms with van der Waals surface area (Å²) in [7, 11) is 0. The minimum Gasteiger partial charge on any atom is -0.393 e. The molecule has 2 unspecified atom stereocenters. The molecule has 0 radical (unpaired) electrons. The number of aliphatic hydroxyl groups is 3. The first-order valence-corrected chi connectivity index (χ1v) is 11.5. The second-order valence-electron chi connectivity index (χ2n) is 11.2. The third kappa shape index (κ3) is 5.82. The van der Waals surface area contributed by atoms with Crippen LogP contribution in [-0.2, 0) is 0 Å². The van der Waals surface area contributed by atoms with Gasteiger partial charge in [0.1, 0.15) is 0 Å². The van der Waals surface area contributed by atoms with E-state index in [1.54, 1.807) is 13.8 Å². The summed E-state index contributed by atoms with van der Waals surface area (Å²) >= 11 is 0. The van der Waals surface area contributed by atoms with Gasteiger partial charge in [0.25, 0.3) is 0 Å². The molecule has 0 spiro atoms. The number of aliphatic hydroxyl groups excluding tert-OH is 1. The highest BCUT2D eigenvalue weighted by molar-refractivity contribution is 5.22. The lowest BCUT2D eigenvalue weighted by Crippen LogP contribution is -2.55. The van der Waals surface area contributed by atoms with Crippen LogP contribution in [0.15, 0.2) is 0 Å². The van der Waals surface area contributed by atoms with Crippen LogP contribution < -0.4 is 0 Å². The van der Waals surface area contributed by atoms with Gasteiger partial charge in [-0.15, -0.1) is 0 Å². The molecule has 33 heavy (non-hydrogen) atoms. The molecule has 0 bridgehead atoms. The minimum atomic E-state index is -5.98. The maximum atomic E-state index is 13.1. The highest BCUT2D eigenvalue weighted by atomic mass is 19.4. The number of rotatable bonds is 6. The Morgan fingerprint density at radius 3 is 2.00 bits per heavy atom. The zero-order valence-corrected chi connectivity index (χ0v) is 19.7. The monoisotopic (exact) mass is 486 g/mol. The molecule has 0 aromatic heterocycles. The maximum Gasteiger partial charge on any atom is 0.438 e. The summed E-state index contributed by atoms with van der Waals surface area (Å²) in [6.45, 7) is 7.16. The first-order chi connectivity index (χ1) is 14.8. The van der Waals surface area contributed by atoms with Crippen molar-refractivity contribution in [2.75, 3.05) is 0 Å². The van der Waals surface area contributed by atoms with Crippen molar-refractivity contribution in [2.24, 2.45) is 22.7 Å². The Bertz CT molecular complexity index is 731. The van der Waals surface area contributed by atoms with Gasteiger partial charge in [-0.3, -0.25) is 0 Å². The molecule has 2 fully saturated rings. The fourth-order valence-electron chi connectivity index (χ4n) is 6.28. The second-order valence-corrected chi connectivity index (χ2v) is 11.2. The molecule has 192 valence electrons. The van der Waals surface area contributed by atoms with E-state index in [9.17, 15) is 41.7 Å². The minimum absolute atomic E-state index is 0.0279. The number of alkyl halides is 6. The van der Waals surface area contributed by atoms with E-state index in [-0.39, 0.29) is 23.7 Å². The maximum absolute atomic E-state index is 13.1. The molecule has 3 nitrogen and oxygen atoms in total. The van der Waals surface area contributed by atoms with Gasteiger partial charge in [0.15, 0.2) is 0 Å². The molecule has 0 amide bonds. The molecular weight excluding hydrogens is 450 g/mol.